The zero-order valence-corrected chi connectivity index (χ0v) is 33.4. The Balaban J connectivity index is 1.48. The van der Waals surface area contributed by atoms with E-state index >= 15 is 0 Å². The first-order chi connectivity index (χ1) is 25.9. The van der Waals surface area contributed by atoms with Crippen molar-refractivity contribution in [3.63, 3.8) is 0 Å². The van der Waals surface area contributed by atoms with E-state index in [0.717, 1.165) is 5.56 Å². The van der Waals surface area contributed by atoms with Crippen LogP contribution >= 0.6 is 0 Å². The van der Waals surface area contributed by atoms with Gasteiger partial charge in [0.05, 0.1) is 38.6 Å². The highest BCUT2D eigenvalue weighted by molar-refractivity contribution is 7.95. The van der Waals surface area contributed by atoms with Gasteiger partial charge in [-0.25, -0.2) is 38.1 Å². The molecule has 0 saturated carbocycles. The Kier molecular flexibility index (Phi) is 13.8. The van der Waals surface area contributed by atoms with Crippen molar-refractivity contribution in [1.82, 2.24) is 19.9 Å². The van der Waals surface area contributed by atoms with E-state index in [2.05, 4.69) is 10.3 Å². The molecule has 0 spiro atoms. The molecule has 4 rings (SSSR count). The predicted octanol–water partition coefficient (Wildman–Crippen LogP) is -0.402. The quantitative estimate of drug-likeness (QED) is 0.134. The fraction of sp³-hybridized carbons (Fsp3) is 0.394. The van der Waals surface area contributed by atoms with Crippen molar-refractivity contribution in [2.45, 2.75) is 63.1 Å². The normalized spacial score (nSPS) is 17.6. The van der Waals surface area contributed by atoms with Crippen LogP contribution in [-0.2, 0) is 65.1 Å². The molecule has 1 aromatic heterocycles. The number of aromatic nitrogens is 1. The maximum atomic E-state index is 13.5. The van der Waals surface area contributed by atoms with Crippen LogP contribution < -0.4 is 15.8 Å². The number of amides is 2. The number of carbonyl (C=O) groups excluding carboxylic acids is 2. The van der Waals surface area contributed by atoms with Crippen LogP contribution in [0.3, 0.4) is 0 Å². The van der Waals surface area contributed by atoms with Crippen molar-refractivity contribution in [3.8, 4) is 0 Å². The molecule has 23 heteroatoms. The number of hydrogen-bond acceptors (Lipinski definition) is 14. The van der Waals surface area contributed by atoms with Crippen molar-refractivity contribution in [1.29, 1.82) is 0 Å². The predicted molar refractivity (Wildman–Crippen MR) is 196 cm³/mol. The van der Waals surface area contributed by atoms with Crippen LogP contribution in [0.2, 0.25) is 0 Å². The highest BCUT2D eigenvalue weighted by Crippen LogP contribution is 2.33. The van der Waals surface area contributed by atoms with E-state index in [4.69, 9.17) is 10.5 Å². The molecule has 2 aromatic carbocycles. The summed E-state index contributed by atoms with van der Waals surface area (Å²) in [7, 11) is -19.0. The Bertz CT molecular complexity index is 2360. The summed E-state index contributed by atoms with van der Waals surface area (Å²) in [6.45, 7) is -1.61. The first-order valence-electron chi connectivity index (χ1n) is 16.5. The molecule has 5 N–H and O–H groups in total. The van der Waals surface area contributed by atoms with Gasteiger partial charge in [-0.05, 0) is 54.8 Å². The van der Waals surface area contributed by atoms with Gasteiger partial charge in [-0.3, -0.25) is 19.4 Å². The standard InChI is InChI=1S/C33H40FN5O13S4/c1-53(44,45)23-15-27(54(2,46)47)32(28(16-23)55(3,48)49)56(50,51)38-25(33(42)43)17-37-29(40)19-52-22-14-26(31(35)24-6-4-5-13-36-24)39(18-22)30(41)12-9-20-7-10-21(34)11-8-20/h4-8,10-11,13,15-16,22,25-26,31,38H,9,12,14,17-19,35H2,1-3H3,(H,37,40)(H,42,43). The van der Waals surface area contributed by atoms with Gasteiger partial charge in [0.25, 0.3) is 0 Å². The summed E-state index contributed by atoms with van der Waals surface area (Å²) in [6, 6.07) is 8.14. The summed E-state index contributed by atoms with van der Waals surface area (Å²) in [6.07, 6.45) is 2.97. The number of sulfone groups is 3. The molecule has 1 aliphatic heterocycles. The number of ether oxygens (including phenoxy) is 1. The number of aryl methyl sites for hydroxylation is 1. The number of carboxylic acids is 1. The number of sulfonamides is 1. The van der Waals surface area contributed by atoms with E-state index in [1.165, 1.54) is 23.2 Å². The number of carbonyl (C=O) groups is 3. The highest BCUT2D eigenvalue weighted by atomic mass is 32.2. The Morgan fingerprint density at radius 2 is 1.55 bits per heavy atom. The van der Waals surface area contributed by atoms with Crippen molar-refractivity contribution in [3.05, 3.63) is 77.9 Å². The Morgan fingerprint density at radius 3 is 2.07 bits per heavy atom. The topological polar surface area (TPSA) is 283 Å². The summed E-state index contributed by atoms with van der Waals surface area (Å²) in [5.74, 6) is -3.49. The van der Waals surface area contributed by atoms with Crippen molar-refractivity contribution in [2.75, 3.05) is 38.5 Å². The number of benzene rings is 2. The first-order valence-corrected chi connectivity index (χ1v) is 23.7. The number of nitrogens with one attached hydrogen (secondary N) is 2. The minimum absolute atomic E-state index is 0.0156. The van der Waals surface area contributed by atoms with Crippen molar-refractivity contribution >= 4 is 57.3 Å². The summed E-state index contributed by atoms with van der Waals surface area (Å²) in [5, 5.41) is 12.0. The van der Waals surface area contributed by atoms with Crippen molar-refractivity contribution < 1.29 is 62.3 Å². The van der Waals surface area contributed by atoms with Gasteiger partial charge < -0.3 is 25.8 Å². The third kappa shape index (κ3) is 11.4. The number of nitrogens with two attached hydrogens (primary N) is 1. The van der Waals surface area contributed by atoms with Gasteiger partial charge in [-0.15, -0.1) is 0 Å². The maximum absolute atomic E-state index is 13.5. The lowest BCUT2D eigenvalue weighted by molar-refractivity contribution is -0.139. The van der Waals surface area contributed by atoms with Gasteiger partial charge in [0.15, 0.2) is 29.5 Å². The molecule has 306 valence electrons. The summed E-state index contributed by atoms with van der Waals surface area (Å²) < 4.78 is 123. The molecule has 1 fully saturated rings. The summed E-state index contributed by atoms with van der Waals surface area (Å²) >= 11 is 0. The van der Waals surface area contributed by atoms with E-state index in [1.54, 1.807) is 35.1 Å². The lowest BCUT2D eigenvalue weighted by atomic mass is 10.0. The number of carboxylic acid groups (broad SMARTS) is 1. The zero-order chi connectivity index (χ0) is 41.8. The number of aliphatic carboxylic acids is 1. The average molecular weight is 862 g/mol. The smallest absolute Gasteiger partial charge is 0.323 e. The van der Waals surface area contributed by atoms with Gasteiger partial charge in [0.2, 0.25) is 21.8 Å². The third-order valence-corrected chi connectivity index (χ3v) is 13.8. The molecule has 4 atom stereocenters. The van der Waals surface area contributed by atoms with Gasteiger partial charge in [0, 0.05) is 44.5 Å². The second kappa shape index (κ2) is 17.4. The van der Waals surface area contributed by atoms with E-state index in [1.807, 2.05) is 0 Å². The highest BCUT2D eigenvalue weighted by Gasteiger charge is 2.40. The molecule has 0 aliphatic carbocycles. The lowest BCUT2D eigenvalue weighted by Gasteiger charge is -2.29. The molecule has 4 unspecified atom stereocenters. The third-order valence-electron chi connectivity index (χ3n) is 8.65. The van der Waals surface area contributed by atoms with Gasteiger partial charge in [-0.1, -0.05) is 18.2 Å². The van der Waals surface area contributed by atoms with E-state index in [-0.39, 0.29) is 25.3 Å². The molecule has 2 heterocycles. The van der Waals surface area contributed by atoms with Crippen LogP contribution in [-0.4, -0.2) is 123 Å². The largest absolute Gasteiger partial charge is 0.480 e. The molecular weight excluding hydrogens is 822 g/mol. The van der Waals surface area contributed by atoms with Crippen LogP contribution in [0, 0.1) is 5.82 Å². The monoisotopic (exact) mass is 861 g/mol. The maximum Gasteiger partial charge on any atom is 0.323 e. The van der Waals surface area contributed by atoms with Crippen molar-refractivity contribution in [2.24, 2.45) is 5.73 Å². The molecule has 56 heavy (non-hydrogen) atoms. The second-order valence-corrected chi connectivity index (χ2v) is 20.7. The molecule has 18 nitrogen and oxygen atoms in total. The van der Waals surface area contributed by atoms with Gasteiger partial charge >= 0.3 is 5.97 Å². The number of rotatable bonds is 17. The Hall–Kier alpha value is -4.39. The molecule has 0 radical (unpaired) electrons. The van der Waals surface area contributed by atoms with Crippen LogP contribution in [0.5, 0.6) is 0 Å². The molecule has 1 saturated heterocycles. The van der Waals surface area contributed by atoms with E-state index in [9.17, 15) is 57.6 Å². The number of nitrogens with zero attached hydrogens (tertiary/aromatic N) is 2. The van der Waals surface area contributed by atoms with Crippen LogP contribution in [0.15, 0.2) is 80.4 Å². The first kappa shape index (κ1) is 44.3. The molecule has 3 aromatic rings. The van der Waals surface area contributed by atoms with E-state index in [0.29, 0.717) is 43.0 Å². The fourth-order valence-corrected chi connectivity index (χ4v) is 11.2. The summed E-state index contributed by atoms with van der Waals surface area (Å²) in [5.41, 5.74) is 7.75. The lowest BCUT2D eigenvalue weighted by Crippen LogP contribution is -2.49. The van der Waals surface area contributed by atoms with Crippen LogP contribution in [0.1, 0.15) is 30.1 Å². The minimum atomic E-state index is -5.38. The van der Waals surface area contributed by atoms with Gasteiger partial charge in [-0.2, -0.15) is 4.72 Å². The second-order valence-electron chi connectivity index (χ2n) is 13.1. The Labute approximate surface area is 323 Å². The van der Waals surface area contributed by atoms with Crippen LogP contribution in [0.4, 0.5) is 4.39 Å². The minimum Gasteiger partial charge on any atom is -0.480 e. The molecule has 1 aliphatic rings. The number of likely N-dealkylation sites (tertiary alicyclic amines) is 1. The van der Waals surface area contributed by atoms with E-state index < -0.39 is 114 Å². The Morgan fingerprint density at radius 1 is 0.946 bits per heavy atom. The average Bonchev–Trinajstić information content (AvgIpc) is 3.55. The molecule has 0 bridgehead atoms. The van der Waals surface area contributed by atoms with Crippen LogP contribution in [0.25, 0.3) is 0 Å². The fourth-order valence-electron chi connectivity index (χ4n) is 5.86. The van der Waals surface area contributed by atoms with Gasteiger partial charge in [0.1, 0.15) is 23.4 Å². The molecule has 2 amide bonds. The number of hydrogen-bond donors (Lipinski definition) is 4. The molecular formula is C33H40FN5O13S4. The SMILES string of the molecule is CS(=O)(=O)c1cc(S(C)(=O)=O)c(S(=O)(=O)NC(CNC(=O)COC2CC(C(N)c3ccccn3)N(C(=O)CCc3ccc(F)cc3)C2)C(=O)O)c(S(C)(=O)=O)c1. The zero-order valence-electron chi connectivity index (χ0n) is 30.2. The summed E-state index contributed by atoms with van der Waals surface area (Å²) in [4.78, 5) is 39.5. The number of pyridine rings is 1. The number of halogens is 1.